The van der Waals surface area contributed by atoms with E-state index in [-0.39, 0.29) is 28.5 Å². The van der Waals surface area contributed by atoms with Crippen molar-refractivity contribution in [1.29, 1.82) is 0 Å². The second-order valence-electron chi connectivity index (χ2n) is 13.4. The Bertz CT molecular complexity index is 1530. The summed E-state index contributed by atoms with van der Waals surface area (Å²) < 4.78 is 47.4. The zero-order chi connectivity index (χ0) is 34.9. The molecular weight excluding hydrogens is 727 g/mol. The summed E-state index contributed by atoms with van der Waals surface area (Å²) in [6.07, 6.45) is -3.28. The monoisotopic (exact) mass is 769 g/mol. The van der Waals surface area contributed by atoms with Crippen LogP contribution in [0.2, 0.25) is 0 Å². The molecule has 0 bridgehead atoms. The van der Waals surface area contributed by atoms with E-state index in [1.807, 2.05) is 11.4 Å². The minimum atomic E-state index is -4.70. The lowest BCUT2D eigenvalue weighted by molar-refractivity contribution is -0.142. The maximum Gasteiger partial charge on any atom is 0.418 e. The molecule has 49 heavy (non-hydrogen) atoms. The van der Waals surface area contributed by atoms with Gasteiger partial charge in [-0.25, -0.2) is 9.59 Å². The summed E-state index contributed by atoms with van der Waals surface area (Å²) in [5, 5.41) is 5.73. The fourth-order valence-corrected chi connectivity index (χ4v) is 8.66. The van der Waals surface area contributed by atoms with Crippen molar-refractivity contribution < 1.29 is 32.3 Å². The van der Waals surface area contributed by atoms with Gasteiger partial charge in [-0.3, -0.25) is 15.0 Å². The molecule has 0 aliphatic carbocycles. The van der Waals surface area contributed by atoms with Crippen molar-refractivity contribution >= 4 is 56.0 Å². The molecule has 4 amide bonds. The van der Waals surface area contributed by atoms with Crippen LogP contribution in [0.1, 0.15) is 48.8 Å². The standard InChI is InChI=1S/C33H43BrF3N7O4S/c1-40-8-2-9-41(15-14-40)23-3-10-42(11-4-23)30(45)27(19-21-17-25(33(35,36)37)28(38)26(34)18-21)48-32(47)43-12-5-24(6-13-43)44-20-22-7-16-49-29(22)39-31(44)46/h7,16-18,23-24,27H,2-6,8-15,19-20,38H2,1H3,(H,39,46)/t27-/m1/s1. The average Bonchev–Trinajstić information content (AvgIpc) is 3.42. The highest BCUT2D eigenvalue weighted by atomic mass is 79.9. The number of carbonyl (C=O) groups is 3. The Kier molecular flexibility index (Phi) is 11.0. The number of anilines is 2. The summed E-state index contributed by atoms with van der Waals surface area (Å²) in [5.74, 6) is -0.421. The fraction of sp³-hybridized carbons (Fsp3) is 0.606. The number of halogens is 4. The van der Waals surface area contributed by atoms with Crippen molar-refractivity contribution in [2.75, 3.05) is 70.5 Å². The largest absolute Gasteiger partial charge is 0.436 e. The molecule has 0 saturated carbocycles. The van der Waals surface area contributed by atoms with Crippen molar-refractivity contribution in [3.63, 3.8) is 0 Å². The van der Waals surface area contributed by atoms with E-state index in [1.165, 1.54) is 22.3 Å². The number of nitrogen functional groups attached to an aromatic ring is 1. The van der Waals surface area contributed by atoms with Gasteiger partial charge in [-0.1, -0.05) is 0 Å². The number of benzene rings is 1. The number of hydrogen-bond donors (Lipinski definition) is 2. The minimum absolute atomic E-state index is 0.0529. The topological polar surface area (TPSA) is 115 Å². The van der Waals surface area contributed by atoms with Crippen LogP contribution in [-0.2, 0) is 28.7 Å². The molecule has 0 radical (unpaired) electrons. The number of piperidine rings is 2. The van der Waals surface area contributed by atoms with Crippen molar-refractivity contribution in [1.82, 2.24) is 24.5 Å². The number of urea groups is 1. The average molecular weight is 771 g/mol. The molecule has 5 heterocycles. The molecule has 0 spiro atoms. The number of rotatable bonds is 6. The molecule has 4 aliphatic rings. The predicted molar refractivity (Wildman–Crippen MR) is 184 cm³/mol. The van der Waals surface area contributed by atoms with Crippen LogP contribution < -0.4 is 11.1 Å². The summed E-state index contributed by atoms with van der Waals surface area (Å²) in [5.41, 5.74) is 5.50. The molecule has 3 fully saturated rings. The highest BCUT2D eigenvalue weighted by Gasteiger charge is 2.38. The van der Waals surface area contributed by atoms with E-state index in [0.29, 0.717) is 51.6 Å². The number of likely N-dealkylation sites (tertiary alicyclic amines) is 2. The van der Waals surface area contributed by atoms with Gasteiger partial charge in [0.1, 0.15) is 5.00 Å². The highest BCUT2D eigenvalue weighted by Crippen LogP contribution is 2.38. The van der Waals surface area contributed by atoms with Crippen LogP contribution >= 0.6 is 27.3 Å². The quantitative estimate of drug-likeness (QED) is 0.384. The molecule has 0 unspecified atom stereocenters. The SMILES string of the molecule is CN1CCCN(C2CCN(C(=O)[C@@H](Cc3cc(Br)c(N)c(C(F)(F)F)c3)OC(=O)N3CCC(N4Cc5ccsc5NC4=O)CC3)CC2)CC1. The van der Waals surface area contributed by atoms with Gasteiger partial charge in [-0.15, -0.1) is 11.3 Å². The van der Waals surface area contributed by atoms with Crippen molar-refractivity contribution in [2.45, 2.75) is 69.4 Å². The molecule has 2 aromatic rings. The number of thiophene rings is 1. The van der Waals surface area contributed by atoms with Gasteiger partial charge in [0.05, 0.1) is 17.8 Å². The van der Waals surface area contributed by atoms with Crippen LogP contribution in [0.25, 0.3) is 0 Å². The number of alkyl halides is 3. The highest BCUT2D eigenvalue weighted by molar-refractivity contribution is 9.10. The van der Waals surface area contributed by atoms with Crippen LogP contribution in [0, 0.1) is 0 Å². The van der Waals surface area contributed by atoms with Gasteiger partial charge >= 0.3 is 18.3 Å². The zero-order valence-corrected chi connectivity index (χ0v) is 29.9. The number of nitrogens with one attached hydrogen (secondary N) is 1. The summed E-state index contributed by atoms with van der Waals surface area (Å²) in [7, 11) is 2.12. The number of fused-ring (bicyclic) bond motifs is 1. The predicted octanol–water partition coefficient (Wildman–Crippen LogP) is 5.30. The van der Waals surface area contributed by atoms with Gasteiger partial charge < -0.3 is 30.1 Å². The van der Waals surface area contributed by atoms with E-state index in [2.05, 4.69) is 38.1 Å². The molecule has 4 aliphatic heterocycles. The number of ether oxygens (including phenoxy) is 1. The summed E-state index contributed by atoms with van der Waals surface area (Å²) in [6.45, 7) is 6.09. The third-order valence-electron chi connectivity index (χ3n) is 10.2. The maximum absolute atomic E-state index is 14.0. The van der Waals surface area contributed by atoms with Gasteiger partial charge in [-0.05, 0) is 97.3 Å². The Morgan fingerprint density at radius 2 is 1.71 bits per heavy atom. The van der Waals surface area contributed by atoms with Crippen LogP contribution in [0.5, 0.6) is 0 Å². The van der Waals surface area contributed by atoms with E-state index in [9.17, 15) is 27.6 Å². The summed E-state index contributed by atoms with van der Waals surface area (Å²) >= 11 is 4.62. The van der Waals surface area contributed by atoms with E-state index >= 15 is 0 Å². The van der Waals surface area contributed by atoms with Gasteiger partial charge in [-0.2, -0.15) is 13.2 Å². The minimum Gasteiger partial charge on any atom is -0.436 e. The molecule has 11 nitrogen and oxygen atoms in total. The van der Waals surface area contributed by atoms with Crippen LogP contribution in [0.3, 0.4) is 0 Å². The summed E-state index contributed by atoms with van der Waals surface area (Å²) in [6, 6.07) is 4.45. The second kappa shape index (κ2) is 15.0. The van der Waals surface area contributed by atoms with E-state index in [4.69, 9.17) is 10.5 Å². The first-order chi connectivity index (χ1) is 23.4. The van der Waals surface area contributed by atoms with E-state index < -0.39 is 35.5 Å². The third-order valence-corrected chi connectivity index (χ3v) is 11.7. The number of nitrogens with zero attached hydrogens (tertiary/aromatic N) is 5. The van der Waals surface area contributed by atoms with Gasteiger partial charge in [0.25, 0.3) is 5.91 Å². The normalized spacial score (nSPS) is 21.2. The Hall–Kier alpha value is -3.08. The van der Waals surface area contributed by atoms with Gasteiger partial charge in [0.15, 0.2) is 6.10 Å². The molecule has 1 aromatic carbocycles. The molecule has 1 atom stereocenters. The molecule has 3 N–H and O–H groups in total. The third kappa shape index (κ3) is 8.29. The molecule has 16 heteroatoms. The first-order valence-electron chi connectivity index (χ1n) is 16.8. The van der Waals surface area contributed by atoms with E-state index in [1.54, 1.807) is 9.80 Å². The van der Waals surface area contributed by atoms with E-state index in [0.717, 1.165) is 62.1 Å². The first-order valence-corrected chi connectivity index (χ1v) is 18.5. The number of likely N-dealkylation sites (N-methyl/N-ethyl adjacent to an activating group) is 1. The Morgan fingerprint density at radius 1 is 1.02 bits per heavy atom. The summed E-state index contributed by atoms with van der Waals surface area (Å²) in [4.78, 5) is 50.1. The lowest BCUT2D eigenvalue weighted by Crippen LogP contribution is -2.53. The smallest absolute Gasteiger partial charge is 0.418 e. The molecule has 3 saturated heterocycles. The lowest BCUT2D eigenvalue weighted by atomic mass is 9.99. The molecule has 1 aromatic heterocycles. The number of carbonyl (C=O) groups excluding carboxylic acids is 3. The second-order valence-corrected chi connectivity index (χ2v) is 15.2. The Morgan fingerprint density at radius 3 is 2.43 bits per heavy atom. The lowest BCUT2D eigenvalue weighted by Gasteiger charge is -2.40. The van der Waals surface area contributed by atoms with Crippen LogP contribution in [-0.4, -0.2) is 120 Å². The number of amides is 4. The van der Waals surface area contributed by atoms with Gasteiger partial charge in [0.2, 0.25) is 0 Å². The number of hydrogen-bond acceptors (Lipinski definition) is 8. The maximum atomic E-state index is 14.0. The molecule has 268 valence electrons. The molecular formula is C33H43BrF3N7O4S. The van der Waals surface area contributed by atoms with Gasteiger partial charge in [0, 0.05) is 67.8 Å². The van der Waals surface area contributed by atoms with Crippen LogP contribution in [0.15, 0.2) is 28.1 Å². The first kappa shape index (κ1) is 35.7. The Labute approximate surface area is 296 Å². The zero-order valence-electron chi connectivity index (χ0n) is 27.5. The Balaban J connectivity index is 1.13. The van der Waals surface area contributed by atoms with Crippen molar-refractivity contribution in [3.05, 3.63) is 44.7 Å². The number of nitrogens with two attached hydrogens (primary N) is 1. The van der Waals surface area contributed by atoms with Crippen LogP contribution in [0.4, 0.5) is 33.4 Å². The van der Waals surface area contributed by atoms with Crippen molar-refractivity contribution in [2.24, 2.45) is 0 Å². The van der Waals surface area contributed by atoms with Crippen molar-refractivity contribution in [3.8, 4) is 0 Å². The molecule has 6 rings (SSSR count). The fourth-order valence-electron chi connectivity index (χ4n) is 7.35.